The van der Waals surface area contributed by atoms with Gasteiger partial charge in [-0.25, -0.2) is 14.5 Å². The van der Waals surface area contributed by atoms with Gasteiger partial charge >= 0.3 is 0 Å². The van der Waals surface area contributed by atoms with Gasteiger partial charge in [0.25, 0.3) is 11.5 Å². The van der Waals surface area contributed by atoms with E-state index in [1.807, 2.05) is 18.2 Å². The second-order valence-electron chi connectivity index (χ2n) is 8.63. The summed E-state index contributed by atoms with van der Waals surface area (Å²) >= 11 is 0. The summed E-state index contributed by atoms with van der Waals surface area (Å²) in [6, 6.07) is 15.4. The van der Waals surface area contributed by atoms with Crippen molar-refractivity contribution in [1.82, 2.24) is 29.5 Å². The van der Waals surface area contributed by atoms with E-state index in [4.69, 9.17) is 4.98 Å². The van der Waals surface area contributed by atoms with Gasteiger partial charge in [-0.2, -0.15) is 5.10 Å². The van der Waals surface area contributed by atoms with Crippen molar-refractivity contribution < 1.29 is 9.90 Å². The first-order valence-electron chi connectivity index (χ1n) is 11.8. The van der Waals surface area contributed by atoms with Crippen LogP contribution in [-0.2, 0) is 0 Å². The minimum Gasteiger partial charge on any atom is -0.381 e. The van der Waals surface area contributed by atoms with E-state index < -0.39 is 12.1 Å². The second-order valence-corrected chi connectivity index (χ2v) is 8.63. The van der Waals surface area contributed by atoms with E-state index in [0.717, 1.165) is 0 Å². The van der Waals surface area contributed by atoms with Crippen LogP contribution in [0, 0.1) is 18.8 Å². The van der Waals surface area contributed by atoms with Crippen molar-refractivity contribution in [2.75, 3.05) is 0 Å². The molecule has 0 saturated heterocycles. The molecule has 0 aliphatic heterocycles. The van der Waals surface area contributed by atoms with Crippen molar-refractivity contribution in [1.29, 1.82) is 0 Å². The lowest BCUT2D eigenvalue weighted by molar-refractivity contribution is 0.0938. The smallest absolute Gasteiger partial charge is 0.267 e. The standard InChI is InChI=1S/C28H24N6O3/c1-17(35)13-14-20-9-7-12-22-24(20)28(37)34(21-10-5-4-6-11-21)25(31-22)19(3)30-27(36)23-18(2)32-33-16-8-15-29-26(23)33/h4-12,15-17,19,35H,1-3H3,(H,30,36)/t17-,19?/m1/s1. The van der Waals surface area contributed by atoms with E-state index in [9.17, 15) is 14.7 Å². The van der Waals surface area contributed by atoms with Gasteiger partial charge in [0.05, 0.1) is 28.3 Å². The predicted molar refractivity (Wildman–Crippen MR) is 140 cm³/mol. The van der Waals surface area contributed by atoms with Crippen LogP contribution in [0.15, 0.2) is 71.8 Å². The number of aliphatic hydroxyl groups excluding tert-OH is 1. The van der Waals surface area contributed by atoms with Crippen LogP contribution < -0.4 is 10.9 Å². The highest BCUT2D eigenvalue weighted by Crippen LogP contribution is 2.21. The van der Waals surface area contributed by atoms with E-state index >= 15 is 0 Å². The number of hydrogen-bond donors (Lipinski definition) is 2. The number of fused-ring (bicyclic) bond motifs is 2. The number of hydrogen-bond acceptors (Lipinski definition) is 6. The quantitative estimate of drug-likeness (QED) is 0.373. The summed E-state index contributed by atoms with van der Waals surface area (Å²) in [7, 11) is 0. The molecule has 0 fully saturated rings. The van der Waals surface area contributed by atoms with Gasteiger partial charge in [0.1, 0.15) is 17.5 Å². The van der Waals surface area contributed by atoms with Crippen molar-refractivity contribution in [3.63, 3.8) is 0 Å². The van der Waals surface area contributed by atoms with E-state index in [2.05, 4.69) is 27.2 Å². The zero-order chi connectivity index (χ0) is 26.1. The zero-order valence-corrected chi connectivity index (χ0v) is 20.5. The Morgan fingerprint density at radius 3 is 2.62 bits per heavy atom. The highest BCUT2D eigenvalue weighted by molar-refractivity contribution is 6.01. The Balaban J connectivity index is 1.66. The van der Waals surface area contributed by atoms with Crippen LogP contribution in [0.25, 0.3) is 22.2 Å². The Bertz CT molecular complexity index is 1760. The fourth-order valence-electron chi connectivity index (χ4n) is 4.25. The van der Waals surface area contributed by atoms with Crippen LogP contribution >= 0.6 is 0 Å². The number of amides is 1. The van der Waals surface area contributed by atoms with Crippen molar-refractivity contribution in [3.8, 4) is 17.5 Å². The summed E-state index contributed by atoms with van der Waals surface area (Å²) < 4.78 is 3.04. The highest BCUT2D eigenvalue weighted by atomic mass is 16.3. The number of nitrogens with one attached hydrogen (secondary N) is 1. The Hall–Kier alpha value is -4.81. The molecule has 2 aromatic carbocycles. The monoisotopic (exact) mass is 492 g/mol. The zero-order valence-electron chi connectivity index (χ0n) is 20.5. The van der Waals surface area contributed by atoms with Gasteiger partial charge < -0.3 is 10.4 Å². The van der Waals surface area contributed by atoms with Crippen LogP contribution in [0.3, 0.4) is 0 Å². The maximum Gasteiger partial charge on any atom is 0.267 e. The molecule has 0 aliphatic rings. The molecule has 0 spiro atoms. The lowest BCUT2D eigenvalue weighted by Gasteiger charge is -2.20. The largest absolute Gasteiger partial charge is 0.381 e. The van der Waals surface area contributed by atoms with Crippen LogP contribution in [-0.4, -0.2) is 41.3 Å². The summed E-state index contributed by atoms with van der Waals surface area (Å²) in [4.78, 5) is 36.4. The number of aryl methyl sites for hydroxylation is 1. The molecule has 184 valence electrons. The fourth-order valence-corrected chi connectivity index (χ4v) is 4.25. The first-order chi connectivity index (χ1) is 17.8. The lowest BCUT2D eigenvalue weighted by atomic mass is 10.1. The van der Waals surface area contributed by atoms with Gasteiger partial charge in [-0.05, 0) is 51.1 Å². The fraction of sp³-hybridized carbons (Fsp3) is 0.179. The third-order valence-corrected chi connectivity index (χ3v) is 5.89. The summed E-state index contributed by atoms with van der Waals surface area (Å²) in [5.41, 5.74) is 2.53. The van der Waals surface area contributed by atoms with Crippen LogP contribution in [0.2, 0.25) is 0 Å². The lowest BCUT2D eigenvalue weighted by Crippen LogP contribution is -2.33. The van der Waals surface area contributed by atoms with Crippen LogP contribution in [0.4, 0.5) is 0 Å². The van der Waals surface area contributed by atoms with Gasteiger partial charge in [-0.1, -0.05) is 36.1 Å². The molecule has 0 saturated carbocycles. The Kier molecular flexibility index (Phi) is 6.26. The number of nitrogens with zero attached hydrogens (tertiary/aromatic N) is 5. The molecule has 2 atom stereocenters. The number of benzene rings is 2. The summed E-state index contributed by atoms with van der Waals surface area (Å²) in [5.74, 6) is 5.58. The minimum atomic E-state index is -0.841. The maximum absolute atomic E-state index is 13.9. The third-order valence-electron chi connectivity index (χ3n) is 5.89. The molecular weight excluding hydrogens is 468 g/mol. The van der Waals surface area contributed by atoms with Crippen LogP contribution in [0.5, 0.6) is 0 Å². The SMILES string of the molecule is Cc1nn2cccnc2c1C(=O)NC(C)c1nc2cccc(C#C[C@@H](C)O)c2c(=O)n1-c1ccccc1. The number of para-hydroxylation sites is 1. The normalized spacial score (nSPS) is 12.6. The molecule has 3 aromatic heterocycles. The summed E-state index contributed by atoms with van der Waals surface area (Å²) in [6.45, 7) is 5.08. The van der Waals surface area contributed by atoms with E-state index in [1.54, 1.807) is 74.1 Å². The first-order valence-corrected chi connectivity index (χ1v) is 11.8. The molecule has 0 bridgehead atoms. The molecule has 0 radical (unpaired) electrons. The van der Waals surface area contributed by atoms with Gasteiger partial charge in [0.2, 0.25) is 0 Å². The van der Waals surface area contributed by atoms with E-state index in [1.165, 1.54) is 4.57 Å². The molecule has 2 N–H and O–H groups in total. The van der Waals surface area contributed by atoms with E-state index in [-0.39, 0.29) is 11.5 Å². The third kappa shape index (κ3) is 4.46. The topological polar surface area (TPSA) is 114 Å². The van der Waals surface area contributed by atoms with Gasteiger partial charge in [0, 0.05) is 18.0 Å². The van der Waals surface area contributed by atoms with Crippen molar-refractivity contribution in [2.24, 2.45) is 0 Å². The van der Waals surface area contributed by atoms with Crippen molar-refractivity contribution in [3.05, 3.63) is 100.0 Å². The molecule has 0 aliphatic carbocycles. The van der Waals surface area contributed by atoms with Crippen LogP contribution in [0.1, 0.15) is 47.3 Å². The number of carbonyl (C=O) groups is 1. The number of aliphatic hydroxyl groups is 1. The molecule has 3 heterocycles. The second kappa shape index (κ2) is 9.68. The molecule has 9 heteroatoms. The molecule has 37 heavy (non-hydrogen) atoms. The Morgan fingerprint density at radius 1 is 1.08 bits per heavy atom. The van der Waals surface area contributed by atoms with Crippen molar-refractivity contribution in [2.45, 2.75) is 32.9 Å². The Morgan fingerprint density at radius 2 is 1.86 bits per heavy atom. The summed E-state index contributed by atoms with van der Waals surface area (Å²) in [6.07, 6.45) is 2.49. The van der Waals surface area contributed by atoms with Gasteiger partial charge in [-0.3, -0.25) is 14.2 Å². The molecule has 5 rings (SSSR count). The van der Waals surface area contributed by atoms with Gasteiger partial charge in [-0.15, -0.1) is 0 Å². The molecular formula is C28H24N6O3. The summed E-state index contributed by atoms with van der Waals surface area (Å²) in [5, 5.41) is 17.3. The maximum atomic E-state index is 13.9. The number of aromatic nitrogens is 5. The average Bonchev–Trinajstić information content (AvgIpc) is 3.23. The first kappa shape index (κ1) is 23.9. The average molecular weight is 493 g/mol. The molecule has 5 aromatic rings. The van der Waals surface area contributed by atoms with Gasteiger partial charge in [0.15, 0.2) is 5.65 Å². The number of carbonyl (C=O) groups excluding carboxylic acids is 1. The number of rotatable bonds is 4. The highest BCUT2D eigenvalue weighted by Gasteiger charge is 2.24. The molecule has 9 nitrogen and oxygen atoms in total. The van der Waals surface area contributed by atoms with Crippen molar-refractivity contribution >= 4 is 22.5 Å². The molecule has 1 unspecified atom stereocenters. The van der Waals surface area contributed by atoms with E-state index in [0.29, 0.717) is 44.9 Å². The molecule has 1 amide bonds. The Labute approximate surface area is 212 Å². The predicted octanol–water partition coefficient (Wildman–Crippen LogP) is 2.96. The minimum absolute atomic E-state index is 0.323.